The lowest BCUT2D eigenvalue weighted by Gasteiger charge is -2.33. The van der Waals surface area contributed by atoms with Crippen molar-refractivity contribution in [2.24, 2.45) is 5.73 Å². The van der Waals surface area contributed by atoms with Gasteiger partial charge in [0.2, 0.25) is 0 Å². The molecule has 72 valence electrons. The lowest BCUT2D eigenvalue weighted by atomic mass is 9.90. The van der Waals surface area contributed by atoms with Crippen LogP contribution >= 0.6 is 0 Å². The van der Waals surface area contributed by atoms with Crippen molar-refractivity contribution in [2.75, 3.05) is 20.1 Å². The predicted octanol–water partition coefficient (Wildman–Crippen LogP) is 0.156. The van der Waals surface area contributed by atoms with E-state index in [1.165, 1.54) is 5.56 Å². The smallest absolute Gasteiger partial charge is 0.0522 e. The Morgan fingerprint density at radius 3 is 3.08 bits per heavy atom. The number of likely N-dealkylation sites (tertiary alicyclic amines) is 1. The van der Waals surface area contributed by atoms with Crippen molar-refractivity contribution in [3.63, 3.8) is 0 Å². The van der Waals surface area contributed by atoms with Gasteiger partial charge >= 0.3 is 0 Å². The van der Waals surface area contributed by atoms with Crippen LogP contribution in [0.1, 0.15) is 17.9 Å². The zero-order valence-corrected chi connectivity index (χ0v) is 7.90. The maximum Gasteiger partial charge on any atom is 0.0522 e. The molecule has 1 aromatic rings. The van der Waals surface area contributed by atoms with Gasteiger partial charge in [-0.2, -0.15) is 5.10 Å². The maximum absolute atomic E-state index is 5.95. The number of rotatable bonds is 1. The molecule has 2 heterocycles. The molecule has 0 radical (unpaired) electrons. The molecule has 1 aliphatic heterocycles. The van der Waals surface area contributed by atoms with E-state index < -0.39 is 0 Å². The number of hydrogen-bond donors (Lipinski definition) is 2. The third kappa shape index (κ3) is 1.89. The first-order valence-electron chi connectivity index (χ1n) is 4.68. The van der Waals surface area contributed by atoms with Crippen LogP contribution in [0.15, 0.2) is 12.4 Å². The summed E-state index contributed by atoms with van der Waals surface area (Å²) < 4.78 is 0. The molecule has 0 saturated carbocycles. The lowest BCUT2D eigenvalue weighted by molar-refractivity contribution is 0.227. The Balaban J connectivity index is 2.07. The van der Waals surface area contributed by atoms with E-state index in [9.17, 15) is 0 Å². The molecule has 4 heteroatoms. The number of aromatic amines is 1. The molecule has 0 aromatic carbocycles. The molecule has 1 aromatic heterocycles. The van der Waals surface area contributed by atoms with E-state index in [1.54, 1.807) is 0 Å². The summed E-state index contributed by atoms with van der Waals surface area (Å²) in [6, 6.07) is 0.304. The molecule has 2 atom stereocenters. The van der Waals surface area contributed by atoms with Gasteiger partial charge in [0, 0.05) is 31.2 Å². The topological polar surface area (TPSA) is 57.9 Å². The van der Waals surface area contributed by atoms with Gasteiger partial charge in [-0.25, -0.2) is 0 Å². The van der Waals surface area contributed by atoms with E-state index in [4.69, 9.17) is 5.73 Å². The number of nitrogens with two attached hydrogens (primary N) is 1. The van der Waals surface area contributed by atoms with Crippen LogP contribution in [0.5, 0.6) is 0 Å². The van der Waals surface area contributed by atoms with Gasteiger partial charge in [-0.1, -0.05) is 0 Å². The van der Waals surface area contributed by atoms with Gasteiger partial charge in [-0.3, -0.25) is 5.10 Å². The van der Waals surface area contributed by atoms with E-state index in [0.29, 0.717) is 12.0 Å². The molecule has 0 bridgehead atoms. The van der Waals surface area contributed by atoms with E-state index >= 15 is 0 Å². The van der Waals surface area contributed by atoms with Gasteiger partial charge in [-0.05, 0) is 19.0 Å². The molecule has 0 amide bonds. The summed E-state index contributed by atoms with van der Waals surface area (Å²) in [7, 11) is 2.12. The van der Waals surface area contributed by atoms with Gasteiger partial charge in [0.25, 0.3) is 0 Å². The SMILES string of the molecule is CN1CC(N)CC(c2cn[nH]c2)C1. The maximum atomic E-state index is 5.95. The molecule has 0 aliphatic carbocycles. The highest BCUT2D eigenvalue weighted by Gasteiger charge is 2.24. The summed E-state index contributed by atoms with van der Waals surface area (Å²) in [6.45, 7) is 2.10. The summed E-state index contributed by atoms with van der Waals surface area (Å²) in [5.74, 6) is 0.549. The Labute approximate surface area is 78.1 Å². The molecule has 0 spiro atoms. The summed E-state index contributed by atoms with van der Waals surface area (Å²) in [5, 5.41) is 6.81. The molecule has 1 fully saturated rings. The summed E-state index contributed by atoms with van der Waals surface area (Å²) in [4.78, 5) is 2.28. The standard InChI is InChI=1S/C9H16N4/c1-13-5-7(2-9(10)6-13)8-3-11-12-4-8/h3-4,7,9H,2,5-6,10H2,1H3,(H,11,12). The Kier molecular flexibility index (Phi) is 2.33. The summed E-state index contributed by atoms with van der Waals surface area (Å²) in [6.07, 6.45) is 4.94. The fourth-order valence-electron chi connectivity index (χ4n) is 2.09. The summed E-state index contributed by atoms with van der Waals surface area (Å²) >= 11 is 0. The van der Waals surface area contributed by atoms with Gasteiger partial charge in [0.15, 0.2) is 0 Å². The Hall–Kier alpha value is -0.870. The van der Waals surface area contributed by atoms with Gasteiger partial charge in [0.05, 0.1) is 6.20 Å². The Morgan fingerprint density at radius 1 is 1.62 bits per heavy atom. The van der Waals surface area contributed by atoms with Crippen molar-refractivity contribution in [3.05, 3.63) is 18.0 Å². The van der Waals surface area contributed by atoms with Crippen LogP contribution in [0.2, 0.25) is 0 Å². The van der Waals surface area contributed by atoms with E-state index in [1.807, 2.05) is 12.4 Å². The predicted molar refractivity (Wildman–Crippen MR) is 51.4 cm³/mol. The fraction of sp³-hybridized carbons (Fsp3) is 0.667. The minimum Gasteiger partial charge on any atom is -0.327 e. The van der Waals surface area contributed by atoms with E-state index in [-0.39, 0.29) is 0 Å². The zero-order chi connectivity index (χ0) is 9.26. The minimum atomic E-state index is 0.304. The number of nitrogens with zero attached hydrogens (tertiary/aromatic N) is 2. The first kappa shape index (κ1) is 8.72. The number of likely N-dealkylation sites (N-methyl/N-ethyl adjacent to an activating group) is 1. The Morgan fingerprint density at radius 2 is 2.46 bits per heavy atom. The zero-order valence-electron chi connectivity index (χ0n) is 7.90. The van der Waals surface area contributed by atoms with Crippen molar-refractivity contribution in [2.45, 2.75) is 18.4 Å². The van der Waals surface area contributed by atoms with Crippen molar-refractivity contribution in [3.8, 4) is 0 Å². The normalized spacial score (nSPS) is 30.6. The second-order valence-corrected chi connectivity index (χ2v) is 3.95. The highest BCUT2D eigenvalue weighted by molar-refractivity contribution is 5.12. The Bertz CT molecular complexity index is 247. The quantitative estimate of drug-likeness (QED) is 0.647. The van der Waals surface area contributed by atoms with Gasteiger partial charge in [0.1, 0.15) is 0 Å². The summed E-state index contributed by atoms with van der Waals surface area (Å²) in [5.41, 5.74) is 7.23. The van der Waals surface area contributed by atoms with Crippen LogP contribution in [0.25, 0.3) is 0 Å². The molecule has 4 nitrogen and oxygen atoms in total. The molecular weight excluding hydrogens is 164 g/mol. The van der Waals surface area contributed by atoms with Crippen molar-refractivity contribution < 1.29 is 0 Å². The van der Waals surface area contributed by atoms with Crippen LogP contribution in [-0.2, 0) is 0 Å². The molecule has 1 aliphatic rings. The third-order valence-electron chi connectivity index (χ3n) is 2.66. The molecule has 13 heavy (non-hydrogen) atoms. The molecule has 2 unspecified atom stereocenters. The highest BCUT2D eigenvalue weighted by atomic mass is 15.1. The van der Waals surface area contributed by atoms with Crippen molar-refractivity contribution in [1.82, 2.24) is 15.1 Å². The van der Waals surface area contributed by atoms with Crippen LogP contribution in [0.4, 0.5) is 0 Å². The van der Waals surface area contributed by atoms with Crippen molar-refractivity contribution >= 4 is 0 Å². The minimum absolute atomic E-state index is 0.304. The average Bonchev–Trinajstić information content (AvgIpc) is 2.53. The average molecular weight is 180 g/mol. The molecule has 3 N–H and O–H groups in total. The first-order valence-corrected chi connectivity index (χ1v) is 4.68. The number of aromatic nitrogens is 2. The van der Waals surface area contributed by atoms with Crippen LogP contribution in [0, 0.1) is 0 Å². The van der Waals surface area contributed by atoms with Crippen LogP contribution in [-0.4, -0.2) is 41.3 Å². The number of nitrogens with one attached hydrogen (secondary N) is 1. The van der Waals surface area contributed by atoms with Gasteiger partial charge in [-0.15, -0.1) is 0 Å². The largest absolute Gasteiger partial charge is 0.327 e. The van der Waals surface area contributed by atoms with Crippen molar-refractivity contribution in [1.29, 1.82) is 0 Å². The molecule has 1 saturated heterocycles. The third-order valence-corrected chi connectivity index (χ3v) is 2.66. The highest BCUT2D eigenvalue weighted by Crippen LogP contribution is 2.24. The molecular formula is C9H16N4. The lowest BCUT2D eigenvalue weighted by Crippen LogP contribution is -2.44. The van der Waals surface area contributed by atoms with E-state index in [0.717, 1.165) is 19.5 Å². The van der Waals surface area contributed by atoms with Gasteiger partial charge < -0.3 is 10.6 Å². The fourth-order valence-corrected chi connectivity index (χ4v) is 2.09. The van der Waals surface area contributed by atoms with Crippen LogP contribution in [0.3, 0.4) is 0 Å². The monoisotopic (exact) mass is 180 g/mol. The number of hydrogen-bond acceptors (Lipinski definition) is 3. The number of H-pyrrole nitrogens is 1. The number of piperidine rings is 1. The second kappa shape index (κ2) is 3.47. The molecule has 2 rings (SSSR count). The second-order valence-electron chi connectivity index (χ2n) is 3.95. The first-order chi connectivity index (χ1) is 6.25. The van der Waals surface area contributed by atoms with Crippen LogP contribution < -0.4 is 5.73 Å². The van der Waals surface area contributed by atoms with E-state index in [2.05, 4.69) is 22.1 Å².